The molecule has 1 aliphatic rings. The monoisotopic (exact) mass is 230 g/mol. The Morgan fingerprint density at radius 1 is 1.80 bits per heavy atom. The number of ether oxygens (including phenoxy) is 1. The molecule has 86 valence electrons. The number of esters is 1. The molecule has 1 aliphatic heterocycles. The summed E-state index contributed by atoms with van der Waals surface area (Å²) in [5.74, 6) is -0.253. The molecule has 0 spiro atoms. The topological polar surface area (TPSA) is 50.7 Å². The van der Waals surface area contributed by atoms with Gasteiger partial charge in [0.15, 0.2) is 5.17 Å². The first-order valence-corrected chi connectivity index (χ1v) is 6.10. The van der Waals surface area contributed by atoms with E-state index >= 15 is 0 Å². The maximum atomic E-state index is 11.2. The fourth-order valence-electron chi connectivity index (χ4n) is 1.39. The number of thioether (sulfide) groups is 1. The summed E-state index contributed by atoms with van der Waals surface area (Å²) in [6.07, 6.45) is 2.35. The van der Waals surface area contributed by atoms with Gasteiger partial charge >= 0.3 is 5.97 Å². The van der Waals surface area contributed by atoms with Gasteiger partial charge in [-0.05, 0) is 13.3 Å². The number of amidine groups is 1. The average molecular weight is 230 g/mol. The van der Waals surface area contributed by atoms with Gasteiger partial charge in [-0.2, -0.15) is 0 Å². The zero-order valence-corrected chi connectivity index (χ0v) is 10.3. The van der Waals surface area contributed by atoms with E-state index in [-0.39, 0.29) is 12.0 Å². The first kappa shape index (κ1) is 12.4. The molecule has 2 unspecified atom stereocenters. The molecule has 2 atom stereocenters. The molecule has 0 aromatic rings. The molecular weight excluding hydrogens is 212 g/mol. The van der Waals surface area contributed by atoms with Gasteiger partial charge in [-0.25, -0.2) is 4.79 Å². The molecule has 15 heavy (non-hydrogen) atoms. The molecule has 0 saturated heterocycles. The second-order valence-electron chi connectivity index (χ2n) is 3.56. The lowest BCUT2D eigenvalue weighted by atomic mass is 10.2. The minimum atomic E-state index is -0.318. The fraction of sp³-hybridized carbons (Fsp3) is 0.800. The van der Waals surface area contributed by atoms with Crippen LogP contribution in [0.5, 0.6) is 0 Å². The number of methoxy groups -OCH3 is 1. The molecule has 1 rings (SSSR count). The zero-order chi connectivity index (χ0) is 11.3. The second-order valence-corrected chi connectivity index (χ2v) is 4.85. The van der Waals surface area contributed by atoms with E-state index in [1.54, 1.807) is 18.7 Å². The predicted octanol–water partition coefficient (Wildman–Crippen LogP) is 1.41. The molecule has 0 saturated carbocycles. The SMILES string of the molecule is CCCC1CN=C(NC(C)C(=O)OC)S1. The highest BCUT2D eigenvalue weighted by atomic mass is 32.2. The van der Waals surface area contributed by atoms with Gasteiger partial charge in [-0.15, -0.1) is 0 Å². The second kappa shape index (κ2) is 6.00. The normalized spacial score (nSPS) is 22.1. The van der Waals surface area contributed by atoms with Crippen molar-refractivity contribution in [2.75, 3.05) is 13.7 Å². The van der Waals surface area contributed by atoms with Crippen LogP contribution in [-0.2, 0) is 9.53 Å². The summed E-state index contributed by atoms with van der Waals surface area (Å²) in [7, 11) is 1.39. The molecule has 5 heteroatoms. The molecule has 0 fully saturated rings. The van der Waals surface area contributed by atoms with Crippen LogP contribution in [0.15, 0.2) is 4.99 Å². The van der Waals surface area contributed by atoms with E-state index in [1.807, 2.05) is 0 Å². The molecule has 0 aromatic carbocycles. The van der Waals surface area contributed by atoms with Crippen molar-refractivity contribution in [3.63, 3.8) is 0 Å². The highest BCUT2D eigenvalue weighted by molar-refractivity contribution is 8.14. The highest BCUT2D eigenvalue weighted by Gasteiger charge is 2.22. The summed E-state index contributed by atoms with van der Waals surface area (Å²) in [6.45, 7) is 4.81. The van der Waals surface area contributed by atoms with Crippen LogP contribution in [0.4, 0.5) is 0 Å². The molecule has 0 radical (unpaired) electrons. The van der Waals surface area contributed by atoms with Crippen molar-refractivity contribution in [3.05, 3.63) is 0 Å². The van der Waals surface area contributed by atoms with Crippen molar-refractivity contribution in [3.8, 4) is 0 Å². The van der Waals surface area contributed by atoms with Crippen LogP contribution in [0, 0.1) is 0 Å². The quantitative estimate of drug-likeness (QED) is 0.742. The van der Waals surface area contributed by atoms with E-state index in [1.165, 1.54) is 20.0 Å². The van der Waals surface area contributed by atoms with Crippen LogP contribution in [0.1, 0.15) is 26.7 Å². The standard InChI is InChI=1S/C10H18N2O2S/c1-4-5-8-6-11-10(15-8)12-7(2)9(13)14-3/h7-8H,4-6H2,1-3H3,(H,11,12). The van der Waals surface area contributed by atoms with E-state index in [0.29, 0.717) is 5.25 Å². The van der Waals surface area contributed by atoms with E-state index < -0.39 is 0 Å². The number of nitrogens with zero attached hydrogens (tertiary/aromatic N) is 1. The van der Waals surface area contributed by atoms with Crippen molar-refractivity contribution in [2.24, 2.45) is 4.99 Å². The third kappa shape index (κ3) is 3.74. The Hall–Kier alpha value is -0.710. The molecule has 0 aromatic heterocycles. The zero-order valence-electron chi connectivity index (χ0n) is 9.45. The Bertz CT molecular complexity index is 256. The summed E-state index contributed by atoms with van der Waals surface area (Å²) in [4.78, 5) is 15.5. The average Bonchev–Trinajstić information content (AvgIpc) is 2.65. The van der Waals surface area contributed by atoms with E-state index in [0.717, 1.165) is 11.7 Å². The number of hydrogen-bond acceptors (Lipinski definition) is 5. The van der Waals surface area contributed by atoms with Crippen molar-refractivity contribution in [1.29, 1.82) is 0 Å². The Balaban J connectivity index is 2.32. The minimum absolute atomic E-state index is 0.253. The van der Waals surface area contributed by atoms with Crippen LogP contribution < -0.4 is 5.32 Å². The third-order valence-electron chi connectivity index (χ3n) is 2.22. The number of rotatable bonds is 4. The van der Waals surface area contributed by atoms with E-state index in [9.17, 15) is 4.79 Å². The Morgan fingerprint density at radius 3 is 3.13 bits per heavy atom. The van der Waals surface area contributed by atoms with Crippen LogP contribution >= 0.6 is 11.8 Å². The smallest absolute Gasteiger partial charge is 0.328 e. The van der Waals surface area contributed by atoms with Crippen LogP contribution in [0.3, 0.4) is 0 Å². The Kier molecular flexibility index (Phi) is 4.94. The van der Waals surface area contributed by atoms with E-state index in [2.05, 4.69) is 22.0 Å². The number of aliphatic imine (C=N–C) groups is 1. The first-order chi connectivity index (χ1) is 7.17. The third-order valence-corrected chi connectivity index (χ3v) is 3.41. The summed E-state index contributed by atoms with van der Waals surface area (Å²) < 4.78 is 4.63. The maximum absolute atomic E-state index is 11.2. The highest BCUT2D eigenvalue weighted by Crippen LogP contribution is 2.23. The molecule has 0 bridgehead atoms. The van der Waals surface area contributed by atoms with Gasteiger partial charge in [0, 0.05) is 5.25 Å². The van der Waals surface area contributed by atoms with Gasteiger partial charge in [0.25, 0.3) is 0 Å². The predicted molar refractivity (Wildman–Crippen MR) is 63.2 cm³/mol. The van der Waals surface area contributed by atoms with Gasteiger partial charge in [0.1, 0.15) is 6.04 Å². The van der Waals surface area contributed by atoms with Gasteiger partial charge < -0.3 is 10.1 Å². The largest absolute Gasteiger partial charge is 0.467 e. The summed E-state index contributed by atoms with van der Waals surface area (Å²) in [5.41, 5.74) is 0. The lowest BCUT2D eigenvalue weighted by Crippen LogP contribution is -2.37. The van der Waals surface area contributed by atoms with Gasteiger partial charge in [-0.3, -0.25) is 4.99 Å². The molecule has 0 amide bonds. The summed E-state index contributed by atoms with van der Waals surface area (Å²) in [5, 5.41) is 4.49. The lowest BCUT2D eigenvalue weighted by Gasteiger charge is -2.12. The first-order valence-electron chi connectivity index (χ1n) is 5.22. The molecular formula is C10H18N2O2S. The molecule has 1 heterocycles. The van der Waals surface area contributed by atoms with Crippen molar-refractivity contribution in [1.82, 2.24) is 5.32 Å². The summed E-state index contributed by atoms with van der Waals surface area (Å²) >= 11 is 1.72. The van der Waals surface area contributed by atoms with E-state index in [4.69, 9.17) is 0 Å². The lowest BCUT2D eigenvalue weighted by molar-refractivity contribution is -0.142. The molecule has 0 aliphatic carbocycles. The van der Waals surface area contributed by atoms with Gasteiger partial charge in [0.2, 0.25) is 0 Å². The number of carbonyl (C=O) groups is 1. The number of nitrogens with one attached hydrogen (secondary N) is 1. The molecule has 4 nitrogen and oxygen atoms in total. The maximum Gasteiger partial charge on any atom is 0.328 e. The van der Waals surface area contributed by atoms with Crippen LogP contribution in [0.25, 0.3) is 0 Å². The van der Waals surface area contributed by atoms with Crippen molar-refractivity contribution >= 4 is 22.9 Å². The van der Waals surface area contributed by atoms with Crippen LogP contribution in [-0.4, -0.2) is 36.1 Å². The fourth-order valence-corrected chi connectivity index (χ4v) is 2.60. The van der Waals surface area contributed by atoms with Gasteiger partial charge in [-0.1, -0.05) is 25.1 Å². The van der Waals surface area contributed by atoms with Crippen LogP contribution in [0.2, 0.25) is 0 Å². The number of carbonyl (C=O) groups excluding carboxylic acids is 1. The molecule has 1 N–H and O–H groups in total. The van der Waals surface area contributed by atoms with Gasteiger partial charge in [0.05, 0.1) is 13.7 Å². The Labute approximate surface area is 94.9 Å². The Morgan fingerprint density at radius 2 is 2.53 bits per heavy atom. The van der Waals surface area contributed by atoms with Crippen molar-refractivity contribution in [2.45, 2.75) is 38.0 Å². The minimum Gasteiger partial charge on any atom is -0.467 e. The number of hydrogen-bond donors (Lipinski definition) is 1. The van der Waals surface area contributed by atoms with Crippen molar-refractivity contribution < 1.29 is 9.53 Å². The summed E-state index contributed by atoms with van der Waals surface area (Å²) in [6, 6.07) is -0.318.